The lowest BCUT2D eigenvalue weighted by Crippen LogP contribution is -2.21. The summed E-state index contributed by atoms with van der Waals surface area (Å²) < 4.78 is 4.98. The number of rotatable bonds is 5. The second-order valence-electron chi connectivity index (χ2n) is 4.22. The smallest absolute Gasteiger partial charge is 0.291 e. The summed E-state index contributed by atoms with van der Waals surface area (Å²) in [5, 5.41) is 22.4. The number of benzene rings is 1. The molecule has 116 valence electrons. The van der Waals surface area contributed by atoms with Crippen LogP contribution in [0, 0.1) is 16.7 Å². The number of hydrogen-bond acceptors (Lipinski definition) is 6. The molecule has 5 N–H and O–H groups in total. The first kappa shape index (κ1) is 16.1. The zero-order valence-corrected chi connectivity index (χ0v) is 12.4. The maximum atomic E-state index is 11.9. The molecule has 0 aliphatic carbocycles. The average Bonchev–Trinajstić information content (AvgIpc) is 3.04. The highest BCUT2D eigenvalue weighted by Gasteiger charge is 2.11. The standard InChI is InChI=1S/C14H11ClN6O2/c15-9-6-8(20-21-11(7-16)13(17)18)3-4-10(9)19-14(22)12-2-1-5-23-12/h1-6,20H,(H3,17,18)(H,19,22)/b21-11+. The van der Waals surface area contributed by atoms with Crippen LogP contribution in [0.25, 0.3) is 0 Å². The van der Waals surface area contributed by atoms with Crippen LogP contribution in [0.3, 0.4) is 0 Å². The van der Waals surface area contributed by atoms with E-state index >= 15 is 0 Å². The molecule has 2 aromatic rings. The van der Waals surface area contributed by atoms with Gasteiger partial charge in [0, 0.05) is 0 Å². The number of furan rings is 1. The molecular formula is C14H11ClN6O2. The first-order valence-electron chi connectivity index (χ1n) is 6.24. The molecule has 8 nitrogen and oxygen atoms in total. The second kappa shape index (κ2) is 7.11. The summed E-state index contributed by atoms with van der Waals surface area (Å²) in [4.78, 5) is 11.9. The Kier molecular flexibility index (Phi) is 4.96. The Balaban J connectivity index is 2.11. The first-order valence-corrected chi connectivity index (χ1v) is 6.61. The van der Waals surface area contributed by atoms with Crippen LogP contribution < -0.4 is 16.5 Å². The molecule has 0 bridgehead atoms. The topological polar surface area (TPSA) is 140 Å². The molecule has 0 saturated carbocycles. The van der Waals surface area contributed by atoms with Gasteiger partial charge in [0.1, 0.15) is 6.07 Å². The van der Waals surface area contributed by atoms with Crippen LogP contribution in [0.4, 0.5) is 11.4 Å². The molecule has 0 radical (unpaired) electrons. The van der Waals surface area contributed by atoms with Gasteiger partial charge < -0.3 is 15.5 Å². The van der Waals surface area contributed by atoms with Gasteiger partial charge in [0.05, 0.1) is 22.7 Å². The van der Waals surface area contributed by atoms with Crippen molar-refractivity contribution in [1.82, 2.24) is 0 Å². The fourth-order valence-electron chi connectivity index (χ4n) is 1.54. The van der Waals surface area contributed by atoms with Gasteiger partial charge in [-0.1, -0.05) is 11.6 Å². The second-order valence-corrected chi connectivity index (χ2v) is 4.63. The SMILES string of the molecule is N#C/C(=N\Nc1ccc(NC(=O)c2ccco2)c(Cl)c1)C(=N)N. The number of anilines is 2. The minimum atomic E-state index is -0.451. The van der Waals surface area contributed by atoms with Gasteiger partial charge in [-0.3, -0.25) is 15.6 Å². The number of nitrogens with two attached hydrogens (primary N) is 1. The molecule has 1 aromatic heterocycles. The maximum Gasteiger partial charge on any atom is 0.291 e. The predicted molar refractivity (Wildman–Crippen MR) is 86.7 cm³/mol. The molecule has 1 aromatic carbocycles. The van der Waals surface area contributed by atoms with Crippen molar-refractivity contribution in [1.29, 1.82) is 10.7 Å². The lowest BCUT2D eigenvalue weighted by atomic mass is 10.2. The summed E-state index contributed by atoms with van der Waals surface area (Å²) in [5.74, 6) is -0.722. The fraction of sp³-hybridized carbons (Fsp3) is 0. The van der Waals surface area contributed by atoms with Crippen LogP contribution in [0.15, 0.2) is 46.1 Å². The van der Waals surface area contributed by atoms with E-state index in [2.05, 4.69) is 15.8 Å². The largest absolute Gasteiger partial charge is 0.459 e. The summed E-state index contributed by atoms with van der Waals surface area (Å²) in [7, 11) is 0. The third-order valence-corrected chi connectivity index (χ3v) is 2.93. The predicted octanol–water partition coefficient (Wildman–Crippen LogP) is 2.41. The van der Waals surface area contributed by atoms with Crippen molar-refractivity contribution in [2.45, 2.75) is 0 Å². The van der Waals surface area contributed by atoms with E-state index < -0.39 is 11.7 Å². The van der Waals surface area contributed by atoms with E-state index in [1.807, 2.05) is 0 Å². The monoisotopic (exact) mass is 330 g/mol. The van der Waals surface area contributed by atoms with Crippen molar-refractivity contribution in [3.63, 3.8) is 0 Å². The Morgan fingerprint density at radius 1 is 1.43 bits per heavy atom. The first-order chi connectivity index (χ1) is 11.0. The highest BCUT2D eigenvalue weighted by molar-refractivity contribution is 6.45. The maximum absolute atomic E-state index is 11.9. The van der Waals surface area contributed by atoms with Gasteiger partial charge in [-0.2, -0.15) is 10.4 Å². The zero-order valence-electron chi connectivity index (χ0n) is 11.6. The van der Waals surface area contributed by atoms with Crippen LogP contribution in [-0.4, -0.2) is 17.5 Å². The summed E-state index contributed by atoms with van der Waals surface area (Å²) in [6.45, 7) is 0. The molecule has 23 heavy (non-hydrogen) atoms. The Hall–Kier alpha value is -3.31. The number of nitriles is 1. The number of hydrazone groups is 1. The molecule has 1 amide bonds. The number of nitrogens with zero attached hydrogens (tertiary/aromatic N) is 2. The number of nitrogens with one attached hydrogen (secondary N) is 3. The van der Waals surface area contributed by atoms with Crippen LogP contribution in [0.2, 0.25) is 5.02 Å². The van der Waals surface area contributed by atoms with Gasteiger partial charge in [0.15, 0.2) is 11.6 Å². The summed E-state index contributed by atoms with van der Waals surface area (Å²) >= 11 is 6.08. The van der Waals surface area contributed by atoms with E-state index in [-0.39, 0.29) is 16.5 Å². The van der Waals surface area contributed by atoms with Gasteiger partial charge in [-0.25, -0.2) is 0 Å². The van der Waals surface area contributed by atoms with Gasteiger partial charge in [0.2, 0.25) is 5.71 Å². The van der Waals surface area contributed by atoms with E-state index in [4.69, 9.17) is 32.4 Å². The molecule has 0 fully saturated rings. The van der Waals surface area contributed by atoms with Crippen molar-refractivity contribution >= 4 is 40.4 Å². The van der Waals surface area contributed by atoms with E-state index in [0.717, 1.165) is 0 Å². The highest BCUT2D eigenvalue weighted by Crippen LogP contribution is 2.26. The number of amides is 1. The number of carbonyl (C=O) groups is 1. The van der Waals surface area contributed by atoms with E-state index in [1.165, 1.54) is 18.4 Å². The average molecular weight is 331 g/mol. The quantitative estimate of drug-likeness (QED) is 0.378. The Bertz CT molecular complexity index is 807. The molecule has 0 aliphatic rings. The summed E-state index contributed by atoms with van der Waals surface area (Å²) in [5.41, 5.74) is 8.32. The van der Waals surface area contributed by atoms with Crippen molar-refractivity contribution in [2.75, 3.05) is 10.7 Å². The third kappa shape index (κ3) is 4.09. The van der Waals surface area contributed by atoms with Crippen LogP contribution >= 0.6 is 11.6 Å². The number of halogens is 1. The summed E-state index contributed by atoms with van der Waals surface area (Å²) in [6, 6.07) is 9.44. The van der Waals surface area contributed by atoms with E-state index in [1.54, 1.807) is 24.3 Å². The molecule has 1 heterocycles. The minimum absolute atomic E-state index is 0.160. The van der Waals surface area contributed by atoms with Crippen LogP contribution in [0.5, 0.6) is 0 Å². The van der Waals surface area contributed by atoms with Crippen molar-refractivity contribution < 1.29 is 9.21 Å². The third-order valence-electron chi connectivity index (χ3n) is 2.62. The normalized spacial score (nSPS) is 10.7. The van der Waals surface area contributed by atoms with Gasteiger partial charge >= 0.3 is 0 Å². The van der Waals surface area contributed by atoms with Gasteiger partial charge in [-0.15, -0.1) is 0 Å². The molecule has 9 heteroatoms. The Morgan fingerprint density at radius 2 is 2.22 bits per heavy atom. The minimum Gasteiger partial charge on any atom is -0.459 e. The molecule has 0 spiro atoms. The lowest BCUT2D eigenvalue weighted by molar-refractivity contribution is 0.0996. The van der Waals surface area contributed by atoms with Gasteiger partial charge in [0.25, 0.3) is 5.91 Å². The molecule has 0 saturated heterocycles. The molecule has 0 atom stereocenters. The van der Waals surface area contributed by atoms with E-state index in [0.29, 0.717) is 11.4 Å². The van der Waals surface area contributed by atoms with Crippen molar-refractivity contribution in [3.8, 4) is 6.07 Å². The molecule has 0 unspecified atom stereocenters. The number of amidine groups is 1. The number of hydrogen-bond donors (Lipinski definition) is 4. The summed E-state index contributed by atoms with van der Waals surface area (Å²) in [6.07, 6.45) is 1.39. The van der Waals surface area contributed by atoms with Crippen molar-refractivity contribution in [2.24, 2.45) is 10.8 Å². The molecule has 2 rings (SSSR count). The van der Waals surface area contributed by atoms with Crippen LogP contribution in [-0.2, 0) is 0 Å². The molecule has 0 aliphatic heterocycles. The Morgan fingerprint density at radius 3 is 2.78 bits per heavy atom. The number of carbonyl (C=O) groups excluding carboxylic acids is 1. The van der Waals surface area contributed by atoms with E-state index in [9.17, 15) is 4.79 Å². The van der Waals surface area contributed by atoms with Crippen molar-refractivity contribution in [3.05, 3.63) is 47.4 Å². The lowest BCUT2D eigenvalue weighted by Gasteiger charge is -2.08. The zero-order chi connectivity index (χ0) is 16.8. The van der Waals surface area contributed by atoms with Crippen LogP contribution in [0.1, 0.15) is 10.6 Å². The highest BCUT2D eigenvalue weighted by atomic mass is 35.5. The van der Waals surface area contributed by atoms with Gasteiger partial charge in [-0.05, 0) is 30.3 Å². The fourth-order valence-corrected chi connectivity index (χ4v) is 1.77. The molecular weight excluding hydrogens is 320 g/mol. The Labute approximate surface area is 136 Å².